The smallest absolute Gasteiger partial charge is 0.339 e. The molecule has 1 amide bonds. The minimum atomic E-state index is -1.13. The van der Waals surface area contributed by atoms with Gasteiger partial charge in [-0.3, -0.25) is 4.79 Å². The molecule has 0 bridgehead atoms. The van der Waals surface area contributed by atoms with E-state index in [4.69, 9.17) is 4.74 Å². The van der Waals surface area contributed by atoms with E-state index < -0.39 is 5.97 Å². The largest absolute Gasteiger partial charge is 0.495 e. The summed E-state index contributed by atoms with van der Waals surface area (Å²) in [7, 11) is 3.07. The third-order valence-electron chi connectivity index (χ3n) is 4.22. The number of hydrogen-bond donors (Lipinski definition) is 1. The molecule has 2 aromatic rings. The van der Waals surface area contributed by atoms with Crippen molar-refractivity contribution in [1.82, 2.24) is 4.90 Å². The fourth-order valence-electron chi connectivity index (χ4n) is 2.72. The van der Waals surface area contributed by atoms with E-state index >= 15 is 0 Å². The van der Waals surface area contributed by atoms with E-state index in [2.05, 4.69) is 0 Å². The van der Waals surface area contributed by atoms with Crippen LogP contribution in [0.3, 0.4) is 0 Å². The maximum Gasteiger partial charge on any atom is 0.339 e. The first kappa shape index (κ1) is 17.5. The van der Waals surface area contributed by atoms with Crippen LogP contribution in [0.2, 0.25) is 0 Å². The molecule has 0 aliphatic carbocycles. The van der Waals surface area contributed by atoms with Crippen molar-refractivity contribution >= 4 is 11.9 Å². The zero-order valence-corrected chi connectivity index (χ0v) is 14.2. The summed E-state index contributed by atoms with van der Waals surface area (Å²) < 4.78 is 5.19. The number of amides is 1. The zero-order chi connectivity index (χ0) is 17.9. The highest BCUT2D eigenvalue weighted by Crippen LogP contribution is 2.29. The molecule has 0 saturated carbocycles. The number of hydrogen-bond acceptors (Lipinski definition) is 3. The van der Waals surface area contributed by atoms with Crippen molar-refractivity contribution in [1.29, 1.82) is 0 Å². The van der Waals surface area contributed by atoms with Crippen molar-refractivity contribution < 1.29 is 19.4 Å². The maximum atomic E-state index is 12.9. The quantitative estimate of drug-likeness (QED) is 0.912. The van der Waals surface area contributed by atoms with Crippen molar-refractivity contribution in [3.8, 4) is 5.75 Å². The van der Waals surface area contributed by atoms with E-state index in [9.17, 15) is 14.7 Å². The number of nitrogens with zero attached hydrogens (tertiary/aromatic N) is 1. The number of ether oxygens (including phenoxy) is 1. The summed E-state index contributed by atoms with van der Waals surface area (Å²) in [6, 6.07) is 12.2. The number of aryl methyl sites for hydroxylation is 1. The van der Waals surface area contributed by atoms with Crippen molar-refractivity contribution in [2.75, 3.05) is 14.2 Å². The highest BCUT2D eigenvalue weighted by atomic mass is 16.5. The van der Waals surface area contributed by atoms with Crippen LogP contribution in [0.15, 0.2) is 42.5 Å². The summed E-state index contributed by atoms with van der Waals surface area (Å²) in [5.74, 6) is -1.33. The molecule has 126 valence electrons. The van der Waals surface area contributed by atoms with E-state index in [1.54, 1.807) is 24.1 Å². The molecule has 0 unspecified atom stereocenters. The molecule has 1 N–H and O–H groups in total. The first-order valence-corrected chi connectivity index (χ1v) is 7.61. The molecule has 0 aromatic heterocycles. The van der Waals surface area contributed by atoms with Crippen LogP contribution in [-0.2, 0) is 0 Å². The van der Waals surface area contributed by atoms with Gasteiger partial charge in [0.25, 0.3) is 5.91 Å². The van der Waals surface area contributed by atoms with Crippen LogP contribution in [0.4, 0.5) is 0 Å². The Balaban J connectivity index is 2.40. The Bertz CT molecular complexity index is 770. The predicted octanol–water partition coefficient (Wildman–Crippen LogP) is 3.54. The third-order valence-corrected chi connectivity index (χ3v) is 4.22. The van der Waals surface area contributed by atoms with Gasteiger partial charge in [0.05, 0.1) is 18.7 Å². The van der Waals surface area contributed by atoms with Crippen LogP contribution in [-0.4, -0.2) is 36.0 Å². The lowest BCUT2D eigenvalue weighted by Gasteiger charge is -2.27. The Morgan fingerprint density at radius 3 is 2.29 bits per heavy atom. The molecule has 0 heterocycles. The molecule has 0 spiro atoms. The number of carboxylic acids is 1. The lowest BCUT2D eigenvalue weighted by atomic mass is 10.0. The van der Waals surface area contributed by atoms with Gasteiger partial charge in [-0.2, -0.15) is 0 Å². The Kier molecular flexibility index (Phi) is 5.24. The predicted molar refractivity (Wildman–Crippen MR) is 91.6 cm³/mol. The molecule has 1 atom stereocenters. The first-order chi connectivity index (χ1) is 11.4. The van der Waals surface area contributed by atoms with Gasteiger partial charge in [-0.15, -0.1) is 0 Å². The van der Waals surface area contributed by atoms with Crippen LogP contribution in [0.25, 0.3) is 0 Å². The third kappa shape index (κ3) is 3.25. The number of carbonyl (C=O) groups is 2. The van der Waals surface area contributed by atoms with E-state index in [0.29, 0.717) is 0 Å². The fourth-order valence-corrected chi connectivity index (χ4v) is 2.72. The van der Waals surface area contributed by atoms with Crippen molar-refractivity contribution in [2.24, 2.45) is 0 Å². The standard InChI is InChI=1S/C19H21NO4/c1-12-8-5-6-9-14(12)13(2)20(3)18(21)15-10-7-11-16(19(22)23)17(15)24-4/h5-11,13H,1-4H3,(H,22,23)/t13-/m0/s1. The number of carbonyl (C=O) groups excluding carboxylic acids is 1. The molecule has 0 fully saturated rings. The van der Waals surface area contributed by atoms with Gasteiger partial charge in [0.15, 0.2) is 0 Å². The monoisotopic (exact) mass is 327 g/mol. The van der Waals surface area contributed by atoms with Crippen LogP contribution in [0.5, 0.6) is 5.75 Å². The molecule has 0 saturated heterocycles. The van der Waals surface area contributed by atoms with Gasteiger partial charge in [0.2, 0.25) is 0 Å². The average molecular weight is 327 g/mol. The number of rotatable bonds is 5. The van der Waals surface area contributed by atoms with E-state index in [1.165, 1.54) is 13.2 Å². The van der Waals surface area contributed by atoms with Crippen molar-refractivity contribution in [3.63, 3.8) is 0 Å². The summed E-state index contributed by atoms with van der Waals surface area (Å²) in [6.45, 7) is 3.93. The van der Waals surface area contributed by atoms with Crippen LogP contribution in [0.1, 0.15) is 44.8 Å². The minimum Gasteiger partial charge on any atom is -0.495 e. The van der Waals surface area contributed by atoms with E-state index in [1.807, 2.05) is 38.1 Å². The lowest BCUT2D eigenvalue weighted by Crippen LogP contribution is -2.30. The molecule has 5 heteroatoms. The molecule has 2 rings (SSSR count). The lowest BCUT2D eigenvalue weighted by molar-refractivity contribution is 0.0693. The molecule has 0 aliphatic heterocycles. The van der Waals surface area contributed by atoms with Gasteiger partial charge in [-0.05, 0) is 37.1 Å². The second-order valence-electron chi connectivity index (χ2n) is 5.64. The second kappa shape index (κ2) is 7.17. The molecular weight excluding hydrogens is 306 g/mol. The Hall–Kier alpha value is -2.82. The van der Waals surface area contributed by atoms with Gasteiger partial charge >= 0.3 is 5.97 Å². The second-order valence-corrected chi connectivity index (χ2v) is 5.64. The van der Waals surface area contributed by atoms with Gasteiger partial charge in [0.1, 0.15) is 11.3 Å². The van der Waals surface area contributed by atoms with Gasteiger partial charge in [0, 0.05) is 7.05 Å². The van der Waals surface area contributed by atoms with Gasteiger partial charge in [-0.1, -0.05) is 30.3 Å². The molecule has 0 aliphatic rings. The van der Waals surface area contributed by atoms with Crippen LogP contribution in [0, 0.1) is 6.92 Å². The number of aromatic carboxylic acids is 1. The summed E-state index contributed by atoms with van der Waals surface area (Å²) in [4.78, 5) is 25.8. The van der Waals surface area contributed by atoms with Gasteiger partial charge < -0.3 is 14.7 Å². The van der Waals surface area contributed by atoms with Gasteiger partial charge in [-0.25, -0.2) is 4.79 Å². The number of benzene rings is 2. The topological polar surface area (TPSA) is 66.8 Å². The highest BCUT2D eigenvalue weighted by molar-refractivity contribution is 6.02. The summed E-state index contributed by atoms with van der Waals surface area (Å²) in [5, 5.41) is 9.26. The number of carboxylic acid groups (broad SMARTS) is 1. The van der Waals surface area contributed by atoms with E-state index in [-0.39, 0.29) is 28.8 Å². The zero-order valence-electron chi connectivity index (χ0n) is 14.2. The van der Waals surface area contributed by atoms with E-state index in [0.717, 1.165) is 11.1 Å². The van der Waals surface area contributed by atoms with Crippen LogP contribution >= 0.6 is 0 Å². The van der Waals surface area contributed by atoms with Crippen molar-refractivity contribution in [2.45, 2.75) is 19.9 Å². The number of para-hydroxylation sites is 1. The molecule has 2 aromatic carbocycles. The number of methoxy groups -OCH3 is 1. The first-order valence-electron chi connectivity index (χ1n) is 7.61. The minimum absolute atomic E-state index is 0.0275. The summed E-state index contributed by atoms with van der Waals surface area (Å²) in [6.07, 6.45) is 0. The fraction of sp³-hybridized carbons (Fsp3) is 0.263. The molecular formula is C19H21NO4. The Morgan fingerprint density at radius 2 is 1.71 bits per heavy atom. The highest BCUT2D eigenvalue weighted by Gasteiger charge is 2.25. The average Bonchev–Trinajstić information content (AvgIpc) is 2.59. The Labute approximate surface area is 141 Å². The summed E-state index contributed by atoms with van der Waals surface area (Å²) >= 11 is 0. The molecule has 0 radical (unpaired) electrons. The van der Waals surface area contributed by atoms with Crippen LogP contribution < -0.4 is 4.74 Å². The summed E-state index contributed by atoms with van der Waals surface area (Å²) in [5.41, 5.74) is 2.35. The van der Waals surface area contributed by atoms with Crippen molar-refractivity contribution in [3.05, 3.63) is 64.7 Å². The molecule has 5 nitrogen and oxygen atoms in total. The maximum absolute atomic E-state index is 12.9. The Morgan fingerprint density at radius 1 is 1.08 bits per heavy atom. The molecule has 24 heavy (non-hydrogen) atoms. The normalized spacial score (nSPS) is 11.7. The SMILES string of the molecule is COc1c(C(=O)O)cccc1C(=O)N(C)[C@@H](C)c1ccccc1C.